The third-order valence-corrected chi connectivity index (χ3v) is 12.4. The summed E-state index contributed by atoms with van der Waals surface area (Å²) >= 11 is 0. The van der Waals surface area contributed by atoms with Crippen LogP contribution >= 0.6 is 0 Å². The maximum absolute atomic E-state index is 6.62. The van der Waals surface area contributed by atoms with Crippen molar-refractivity contribution in [3.8, 4) is 78.5 Å². The van der Waals surface area contributed by atoms with Gasteiger partial charge in [0, 0.05) is 58.6 Å². The van der Waals surface area contributed by atoms with Gasteiger partial charge >= 0.3 is 0 Å². The van der Waals surface area contributed by atoms with Gasteiger partial charge in [-0.2, -0.15) is 9.97 Å². The van der Waals surface area contributed by atoms with Crippen molar-refractivity contribution in [1.29, 1.82) is 0 Å². The Hall–Kier alpha value is -9.08. The smallest absolute Gasteiger partial charge is 0.241 e. The number of nitrogens with zero attached hydrogens (tertiary/aromatic N) is 8. The lowest BCUT2D eigenvalue weighted by atomic mass is 9.92. The Morgan fingerprint density at radius 3 is 1.01 bits per heavy atom. The van der Waals surface area contributed by atoms with Crippen LogP contribution < -0.4 is 14.5 Å². The van der Waals surface area contributed by atoms with Crippen molar-refractivity contribution in [2.45, 2.75) is 0 Å². The second-order valence-corrected chi connectivity index (χ2v) is 16.6. The number of aliphatic imine (C=N–C) groups is 2. The number of hydrogen-bond donors (Lipinski definition) is 0. The molecule has 4 heterocycles. The lowest BCUT2D eigenvalue weighted by Crippen LogP contribution is -2.19. The van der Waals surface area contributed by atoms with Crippen molar-refractivity contribution in [1.82, 2.24) is 19.1 Å². The second kappa shape index (κ2) is 16.5. The number of fused-ring (bicyclic) bond motifs is 6. The molecule has 0 N–H and O–H groups in total. The van der Waals surface area contributed by atoms with E-state index in [0.29, 0.717) is 23.7 Å². The topological polar surface area (TPSA) is 76.1 Å². The monoisotopic (exact) mass is 866 g/mol. The summed E-state index contributed by atoms with van der Waals surface area (Å²) in [5, 5.41) is 0. The molecule has 8 aromatic carbocycles. The zero-order valence-electron chi connectivity index (χ0n) is 36.8. The molecular weight excluding hydrogens is 825 g/mol. The highest BCUT2D eigenvalue weighted by Gasteiger charge is 2.29. The first-order chi connectivity index (χ1) is 33.1. The first-order valence-corrected chi connectivity index (χ1v) is 22.2. The maximum atomic E-state index is 6.62. The minimum Gasteiger partial charge on any atom is -0.417 e. The number of para-hydroxylation sites is 4. The molecule has 0 atom stereocenters. The van der Waals surface area contributed by atoms with E-state index < -0.39 is 0 Å². The fourth-order valence-corrected chi connectivity index (χ4v) is 9.41. The van der Waals surface area contributed by atoms with Gasteiger partial charge in [0.25, 0.3) is 0 Å². The van der Waals surface area contributed by atoms with E-state index in [9.17, 15) is 0 Å². The van der Waals surface area contributed by atoms with E-state index >= 15 is 0 Å². The van der Waals surface area contributed by atoms with Gasteiger partial charge in [0.15, 0.2) is 0 Å². The Kier molecular flexibility index (Phi) is 9.72. The molecule has 320 valence electrons. The first-order valence-electron chi connectivity index (χ1n) is 22.2. The van der Waals surface area contributed by atoms with Crippen LogP contribution in [0.1, 0.15) is 0 Å². The molecule has 0 unspecified atom stereocenters. The van der Waals surface area contributed by atoms with Gasteiger partial charge in [-0.1, -0.05) is 194 Å². The van der Waals surface area contributed by atoms with Gasteiger partial charge in [0.05, 0.1) is 35.1 Å². The number of benzene rings is 8. The summed E-state index contributed by atoms with van der Waals surface area (Å²) in [5.74, 6) is 2.02. The number of aromatic nitrogens is 4. The van der Waals surface area contributed by atoms with Crippen molar-refractivity contribution in [2.75, 3.05) is 9.80 Å². The Morgan fingerprint density at radius 1 is 0.328 bits per heavy atom. The predicted molar refractivity (Wildman–Crippen MR) is 273 cm³/mol. The largest absolute Gasteiger partial charge is 0.417 e. The molecule has 2 aliphatic rings. The predicted octanol–water partition coefficient (Wildman–Crippen LogP) is 14.6. The molecule has 12 rings (SSSR count). The third kappa shape index (κ3) is 6.97. The van der Waals surface area contributed by atoms with Crippen molar-refractivity contribution < 1.29 is 4.74 Å². The zero-order valence-corrected chi connectivity index (χ0v) is 36.8. The van der Waals surface area contributed by atoms with E-state index in [1.165, 1.54) is 0 Å². The minimum atomic E-state index is 0.385. The van der Waals surface area contributed by atoms with Crippen molar-refractivity contribution in [3.05, 3.63) is 207 Å². The highest BCUT2D eigenvalue weighted by molar-refractivity contribution is 6.09. The summed E-state index contributed by atoms with van der Waals surface area (Å²) < 4.78 is 10.6. The van der Waals surface area contributed by atoms with Gasteiger partial charge in [-0.05, 0) is 22.3 Å². The van der Waals surface area contributed by atoms with E-state index in [2.05, 4.69) is 180 Å². The number of ether oxygens (including phenoxy) is 1. The Bertz CT molecular complexity index is 3290. The van der Waals surface area contributed by atoms with Crippen LogP contribution in [0.15, 0.2) is 217 Å². The summed E-state index contributed by atoms with van der Waals surface area (Å²) in [6.07, 6.45) is 7.54. The van der Waals surface area contributed by atoms with Gasteiger partial charge in [-0.3, -0.25) is 9.80 Å². The number of aryl methyl sites for hydroxylation is 2. The average molecular weight is 867 g/mol. The van der Waals surface area contributed by atoms with Crippen LogP contribution in [0.4, 0.5) is 34.6 Å². The molecule has 0 radical (unpaired) electrons. The van der Waals surface area contributed by atoms with E-state index in [-0.39, 0.29) is 0 Å². The summed E-state index contributed by atoms with van der Waals surface area (Å²) in [6.45, 7) is 0. The first kappa shape index (κ1) is 39.5. The van der Waals surface area contributed by atoms with Gasteiger partial charge in [-0.15, -0.1) is 0 Å². The Labute approximate surface area is 388 Å². The molecule has 0 saturated carbocycles. The lowest BCUT2D eigenvalue weighted by molar-refractivity contribution is 0.449. The van der Waals surface area contributed by atoms with E-state index in [1.807, 2.05) is 72.6 Å². The fraction of sp³-hybridized carbons (Fsp3) is 0.0345. The number of imidazole rings is 2. The number of rotatable bonds is 8. The van der Waals surface area contributed by atoms with Crippen LogP contribution in [0.2, 0.25) is 0 Å². The van der Waals surface area contributed by atoms with Crippen molar-refractivity contribution in [2.24, 2.45) is 24.1 Å². The zero-order chi connectivity index (χ0) is 44.8. The van der Waals surface area contributed by atoms with Crippen LogP contribution in [0.5, 0.6) is 11.8 Å². The normalized spacial score (nSPS) is 12.4. The molecule has 0 spiro atoms. The van der Waals surface area contributed by atoms with Gasteiger partial charge < -0.3 is 13.9 Å². The standard InChI is InChI=1S/C58H42N8O/c1-63-35-51(61-57(63)65-37-59-53-43(39-19-7-3-8-20-39)27-15-31-47(53)49-33-17-29-45(55(49)65)41-23-11-5-12-24-41)67-52-36-64(2)58(62-52)66-38-60-54-44(40-21-9-4-10-22-40)28-16-32-48(54)50-34-18-30-46(56(50)66)42-25-13-6-14-26-42/h3-38H,1-2H3. The molecule has 0 bridgehead atoms. The Morgan fingerprint density at radius 2 is 0.642 bits per heavy atom. The lowest BCUT2D eigenvalue weighted by Gasteiger charge is -2.24. The van der Waals surface area contributed by atoms with Gasteiger partial charge in [-0.25, -0.2) is 9.98 Å². The molecule has 0 saturated heterocycles. The molecule has 10 aromatic rings. The SMILES string of the molecule is Cn1cc(Oc2cn(C)c(N3C=Nc4c(-c5ccccc5)cccc4-c4cccc(-c5ccccc5)c43)n2)nc1N1C=Nc2c(-c3ccccc3)cccc2-c2cccc(-c3ccccc3)c21. The minimum absolute atomic E-state index is 0.385. The van der Waals surface area contributed by atoms with Gasteiger partial charge in [0.1, 0.15) is 12.7 Å². The van der Waals surface area contributed by atoms with E-state index in [0.717, 1.165) is 89.5 Å². The molecule has 0 amide bonds. The number of hydrogen-bond acceptors (Lipinski definition) is 7. The molecule has 9 heteroatoms. The average Bonchev–Trinajstić information content (AvgIpc) is 3.81. The van der Waals surface area contributed by atoms with Crippen molar-refractivity contribution >= 4 is 47.3 Å². The van der Waals surface area contributed by atoms with Crippen LogP contribution in [-0.4, -0.2) is 31.8 Å². The van der Waals surface area contributed by atoms with Crippen LogP contribution in [0.3, 0.4) is 0 Å². The number of anilines is 4. The quantitative estimate of drug-likeness (QED) is 0.152. The second-order valence-electron chi connectivity index (χ2n) is 16.6. The maximum Gasteiger partial charge on any atom is 0.241 e. The molecule has 2 aromatic heterocycles. The highest BCUT2D eigenvalue weighted by Crippen LogP contribution is 2.51. The summed E-state index contributed by atoms with van der Waals surface area (Å²) in [5.41, 5.74) is 16.4. The fourth-order valence-electron chi connectivity index (χ4n) is 9.41. The summed E-state index contributed by atoms with van der Waals surface area (Å²) in [7, 11) is 3.95. The molecule has 67 heavy (non-hydrogen) atoms. The molecule has 2 aliphatic heterocycles. The van der Waals surface area contributed by atoms with Crippen LogP contribution in [-0.2, 0) is 14.1 Å². The van der Waals surface area contributed by atoms with E-state index in [4.69, 9.17) is 24.7 Å². The van der Waals surface area contributed by atoms with Crippen LogP contribution in [0, 0.1) is 0 Å². The highest BCUT2D eigenvalue weighted by atomic mass is 16.5. The molecular formula is C58H42N8O. The van der Waals surface area contributed by atoms with Crippen LogP contribution in [0.25, 0.3) is 66.8 Å². The molecule has 9 nitrogen and oxygen atoms in total. The summed E-state index contributed by atoms with van der Waals surface area (Å²) in [4.78, 5) is 24.9. The van der Waals surface area contributed by atoms with Gasteiger partial charge in [0.2, 0.25) is 23.7 Å². The Balaban J connectivity index is 0.952. The summed E-state index contributed by atoms with van der Waals surface area (Å²) in [6, 6.07) is 67.4. The molecule has 0 fully saturated rings. The van der Waals surface area contributed by atoms with Crippen molar-refractivity contribution in [3.63, 3.8) is 0 Å². The van der Waals surface area contributed by atoms with E-state index in [1.54, 1.807) is 0 Å². The third-order valence-electron chi connectivity index (χ3n) is 12.4. The molecule has 0 aliphatic carbocycles.